The summed E-state index contributed by atoms with van der Waals surface area (Å²) in [6, 6.07) is 0. The van der Waals surface area contributed by atoms with Crippen molar-refractivity contribution in [2.75, 3.05) is 0 Å². The molecule has 0 amide bonds. The standard InChI is InChI=1S/2Ag.BFHO2.ClHO4/c;;2-1(3)4;2-1(3,4)5/h;;3H;(H,2,3,4,5)/q2*+1;-1;/p-1. The van der Waals surface area contributed by atoms with Crippen LogP contribution < -0.4 is 23.7 Å². The third-order valence-electron chi connectivity index (χ3n) is 0. The third kappa shape index (κ3) is 449. The van der Waals surface area contributed by atoms with E-state index in [1.54, 1.807) is 0 Å². The molecule has 0 aliphatic heterocycles. The monoisotopic (exact) mass is 376 g/mol. The molecule has 1 N–H and O–H groups in total. The average molecular weight is 378 g/mol. The normalized spacial score (nSPS) is 7.91. The number of rotatable bonds is 0. The quantitative estimate of drug-likeness (QED) is 0.417. The van der Waals surface area contributed by atoms with Crippen LogP contribution in [-0.2, 0) is 44.8 Å². The fourth-order valence-electron chi connectivity index (χ4n) is 0. The van der Waals surface area contributed by atoms with E-state index in [9.17, 15) is 4.32 Å². The average Bonchev–Trinajstić information content (AvgIpc) is 1.19. The molecule has 0 bridgehead atoms. The Morgan fingerprint density at radius 2 is 1.09 bits per heavy atom. The van der Waals surface area contributed by atoms with E-state index in [1.165, 1.54) is 0 Å². The van der Waals surface area contributed by atoms with Crippen LogP contribution in [0.4, 0.5) is 4.32 Å². The maximum absolute atomic E-state index is 10.0. The molecule has 0 aromatic rings. The van der Waals surface area contributed by atoms with Gasteiger partial charge in [0, 0.05) is 0 Å². The summed E-state index contributed by atoms with van der Waals surface area (Å²) in [5.41, 5.74) is 0. The minimum atomic E-state index is -4.94. The fourth-order valence-corrected chi connectivity index (χ4v) is 0. The second-order valence-corrected chi connectivity index (χ2v) is 1.43. The smallest absolute Gasteiger partial charge is 0.828 e. The molecule has 0 aliphatic carbocycles. The van der Waals surface area contributed by atoms with Crippen LogP contribution in [0.15, 0.2) is 0 Å². The predicted molar refractivity (Wildman–Crippen MR) is 9.08 cm³/mol. The molecule has 0 fully saturated rings. The molecular formula is HAg2BClFO6. The molecule has 0 unspecified atom stereocenters. The zero-order chi connectivity index (χ0) is 8.08. The Kier molecular flexibility index (Phi) is 24.0. The van der Waals surface area contributed by atoms with Gasteiger partial charge >= 0.3 is 52.2 Å². The second-order valence-electron chi connectivity index (χ2n) is 0.670. The van der Waals surface area contributed by atoms with Crippen LogP contribution in [-0.4, -0.2) is 12.4 Å². The molecule has 0 aliphatic rings. The van der Waals surface area contributed by atoms with E-state index in [-0.39, 0.29) is 44.8 Å². The molecule has 0 radical (unpaired) electrons. The molecule has 0 atom stereocenters. The molecule has 0 saturated heterocycles. The third-order valence-corrected chi connectivity index (χ3v) is 0. The summed E-state index contributed by atoms with van der Waals surface area (Å²) in [6.07, 6.45) is 0. The van der Waals surface area contributed by atoms with Crippen molar-refractivity contribution in [2.24, 2.45) is 0 Å². The Balaban J connectivity index is -0.0000000383. The van der Waals surface area contributed by atoms with Gasteiger partial charge in [0.05, 0.1) is 0 Å². The van der Waals surface area contributed by atoms with Crippen molar-refractivity contribution in [1.82, 2.24) is 0 Å². The Morgan fingerprint density at radius 1 is 1.09 bits per heavy atom. The van der Waals surface area contributed by atoms with E-state index < -0.39 is 17.6 Å². The minimum absolute atomic E-state index is 0. The van der Waals surface area contributed by atoms with Crippen LogP contribution in [0.2, 0.25) is 0 Å². The summed E-state index contributed by atoms with van der Waals surface area (Å²) in [4.78, 5) is 0. The van der Waals surface area contributed by atoms with Crippen LogP contribution >= 0.6 is 0 Å². The van der Waals surface area contributed by atoms with Crippen LogP contribution in [0.25, 0.3) is 0 Å². The minimum Gasteiger partial charge on any atom is -0.828 e. The maximum atomic E-state index is 10.0. The SMILES string of the molecule is [Ag+].[Ag+].[O-]B(O)F.[O-][Cl+3]([O-])([O-])[O-]. The van der Waals surface area contributed by atoms with E-state index in [2.05, 4.69) is 0 Å². The van der Waals surface area contributed by atoms with Crippen molar-refractivity contribution in [3.05, 3.63) is 0 Å². The van der Waals surface area contributed by atoms with Crippen LogP contribution in [0.3, 0.4) is 0 Å². The molecule has 0 rings (SSSR count). The fraction of sp³-hybridized carbons (Fsp3) is 0. The Hall–Kier alpha value is 1.53. The Bertz CT molecular complexity index is 57.3. The van der Waals surface area contributed by atoms with Gasteiger partial charge in [-0.05, 0) is 0 Å². The summed E-state index contributed by atoms with van der Waals surface area (Å²) in [6.45, 7) is 0. The molecule has 0 aromatic heterocycles. The van der Waals surface area contributed by atoms with Crippen molar-refractivity contribution in [2.45, 2.75) is 0 Å². The number of halogens is 2. The summed E-state index contributed by atoms with van der Waals surface area (Å²) >= 11 is 0. The number of hydrogen-bond donors (Lipinski definition) is 1. The summed E-state index contributed by atoms with van der Waals surface area (Å²) in [5, 5.41) is 15.2. The summed E-state index contributed by atoms with van der Waals surface area (Å²) in [5.74, 6) is 0. The van der Waals surface area contributed by atoms with Crippen LogP contribution in [0.1, 0.15) is 0 Å². The van der Waals surface area contributed by atoms with Crippen molar-refractivity contribution >= 4 is 7.40 Å². The van der Waals surface area contributed by atoms with Gasteiger partial charge in [0.25, 0.3) is 0 Å². The second kappa shape index (κ2) is 11.5. The van der Waals surface area contributed by atoms with Gasteiger partial charge in [0.2, 0.25) is 0 Å². The van der Waals surface area contributed by atoms with Crippen molar-refractivity contribution in [3.63, 3.8) is 0 Å². The van der Waals surface area contributed by atoms with Crippen LogP contribution in [0.5, 0.6) is 0 Å². The van der Waals surface area contributed by atoms with Gasteiger partial charge in [0.15, 0.2) is 0 Å². The molecule has 0 spiro atoms. The first-order valence-corrected chi connectivity index (χ1v) is 2.56. The van der Waals surface area contributed by atoms with Crippen molar-refractivity contribution in [1.29, 1.82) is 0 Å². The van der Waals surface area contributed by atoms with E-state index in [0.29, 0.717) is 0 Å². The van der Waals surface area contributed by atoms with Gasteiger partial charge in [0.1, 0.15) is 0 Å². The molecular weight excluding hydrogens is 377 g/mol. The molecule has 6 nitrogen and oxygen atoms in total. The van der Waals surface area contributed by atoms with Gasteiger partial charge in [-0.25, -0.2) is 18.6 Å². The largest absolute Gasteiger partial charge is 1.00 e. The molecule has 0 saturated carbocycles. The first kappa shape index (κ1) is 22.9. The van der Waals surface area contributed by atoms with Gasteiger partial charge in [-0.3, -0.25) is 0 Å². The molecule has 11 heavy (non-hydrogen) atoms. The predicted octanol–water partition coefficient (Wildman–Crippen LogP) is -6.47. The van der Waals surface area contributed by atoms with Gasteiger partial charge in [-0.15, -0.1) is 10.2 Å². The van der Waals surface area contributed by atoms with Gasteiger partial charge in [-0.1, -0.05) is 0 Å². The van der Waals surface area contributed by atoms with E-state index in [0.717, 1.165) is 0 Å². The van der Waals surface area contributed by atoms with Gasteiger partial charge < -0.3 is 14.4 Å². The topological polar surface area (TPSA) is 136 Å². The Morgan fingerprint density at radius 3 is 1.09 bits per heavy atom. The van der Waals surface area contributed by atoms with E-state index >= 15 is 0 Å². The first-order chi connectivity index (χ1) is 3.73. The van der Waals surface area contributed by atoms with Gasteiger partial charge in [-0.2, -0.15) is 0 Å². The molecule has 0 heterocycles. The van der Waals surface area contributed by atoms with Crippen molar-refractivity contribution in [3.8, 4) is 0 Å². The zero-order valence-corrected chi connectivity index (χ0v) is 8.15. The first-order valence-electron chi connectivity index (χ1n) is 1.33. The maximum Gasteiger partial charge on any atom is 1.00 e. The molecule has 11 heteroatoms. The molecule has 0 aromatic carbocycles. The summed E-state index contributed by atoms with van der Waals surface area (Å²) < 4.78 is 44.0. The van der Waals surface area contributed by atoms with Crippen LogP contribution in [0, 0.1) is 10.2 Å². The zero-order valence-electron chi connectivity index (χ0n) is 4.42. The number of hydrogen-bond acceptors (Lipinski definition) is 6. The van der Waals surface area contributed by atoms with E-state index in [4.69, 9.17) is 28.7 Å². The molecule has 76 valence electrons. The summed E-state index contributed by atoms with van der Waals surface area (Å²) in [7, 11) is -7.86. The van der Waals surface area contributed by atoms with Crippen molar-refractivity contribution < 1.29 is 88.0 Å². The Labute approximate surface area is 95.0 Å². The van der Waals surface area contributed by atoms with E-state index in [1.807, 2.05) is 0 Å².